The monoisotopic (exact) mass is 170 g/mol. The first-order valence-corrected chi connectivity index (χ1v) is 4.04. The maximum absolute atomic E-state index is 11.4. The molecule has 0 aromatic heterocycles. The van der Waals surface area contributed by atoms with Crippen LogP contribution in [0, 0.1) is 0 Å². The lowest BCUT2D eigenvalue weighted by Crippen LogP contribution is -2.00. The SMILES string of the molecule is CCSC/C=C/C(F)(F)F. The van der Waals surface area contributed by atoms with Crippen LogP contribution in [-0.2, 0) is 0 Å². The topological polar surface area (TPSA) is 0 Å². The molecule has 0 saturated heterocycles. The van der Waals surface area contributed by atoms with Crippen molar-refractivity contribution >= 4 is 11.8 Å². The van der Waals surface area contributed by atoms with E-state index in [0.29, 0.717) is 5.75 Å². The molecule has 0 amide bonds. The van der Waals surface area contributed by atoms with Crippen molar-refractivity contribution in [2.75, 3.05) is 11.5 Å². The van der Waals surface area contributed by atoms with E-state index in [1.807, 2.05) is 6.92 Å². The molecule has 0 fully saturated rings. The first-order chi connectivity index (χ1) is 4.56. The summed E-state index contributed by atoms with van der Waals surface area (Å²) in [6, 6.07) is 0. The highest BCUT2D eigenvalue weighted by molar-refractivity contribution is 7.99. The van der Waals surface area contributed by atoms with Crippen LogP contribution >= 0.6 is 11.8 Å². The van der Waals surface area contributed by atoms with Gasteiger partial charge in [0.25, 0.3) is 0 Å². The van der Waals surface area contributed by atoms with Crippen molar-refractivity contribution < 1.29 is 13.2 Å². The predicted octanol–water partition coefficient (Wildman–Crippen LogP) is 2.86. The summed E-state index contributed by atoms with van der Waals surface area (Å²) in [5.41, 5.74) is 0. The second kappa shape index (κ2) is 4.66. The van der Waals surface area contributed by atoms with Gasteiger partial charge in [0.15, 0.2) is 0 Å². The fourth-order valence-corrected chi connectivity index (χ4v) is 0.836. The molecule has 0 aliphatic heterocycles. The highest BCUT2D eigenvalue weighted by atomic mass is 32.2. The van der Waals surface area contributed by atoms with Gasteiger partial charge in [0, 0.05) is 11.8 Å². The average molecular weight is 170 g/mol. The second-order valence-electron chi connectivity index (χ2n) is 1.60. The average Bonchev–Trinajstić information content (AvgIpc) is 1.78. The van der Waals surface area contributed by atoms with E-state index in [2.05, 4.69) is 0 Å². The van der Waals surface area contributed by atoms with Crippen molar-refractivity contribution in [1.82, 2.24) is 0 Å². The number of alkyl halides is 3. The summed E-state index contributed by atoms with van der Waals surface area (Å²) in [6.07, 6.45) is -2.74. The van der Waals surface area contributed by atoms with Gasteiger partial charge < -0.3 is 0 Å². The van der Waals surface area contributed by atoms with E-state index in [-0.39, 0.29) is 6.08 Å². The number of allylic oxidation sites excluding steroid dienone is 1. The summed E-state index contributed by atoms with van der Waals surface area (Å²) in [7, 11) is 0. The van der Waals surface area contributed by atoms with E-state index in [4.69, 9.17) is 0 Å². The van der Waals surface area contributed by atoms with Crippen LogP contribution in [0.2, 0.25) is 0 Å². The third-order valence-electron chi connectivity index (χ3n) is 0.725. The van der Waals surface area contributed by atoms with Crippen molar-refractivity contribution in [3.8, 4) is 0 Å². The Labute approximate surface area is 62.5 Å². The molecule has 0 rings (SSSR count). The highest BCUT2D eigenvalue weighted by Gasteiger charge is 2.21. The minimum atomic E-state index is -4.14. The molecule has 0 unspecified atom stereocenters. The predicted molar refractivity (Wildman–Crippen MR) is 38.2 cm³/mol. The Hall–Kier alpha value is -0.120. The second-order valence-corrected chi connectivity index (χ2v) is 2.92. The molecule has 0 aliphatic carbocycles. The Bertz CT molecular complexity index is 106. The molecule has 0 nitrogen and oxygen atoms in total. The van der Waals surface area contributed by atoms with E-state index < -0.39 is 6.18 Å². The molecule has 0 aromatic carbocycles. The van der Waals surface area contributed by atoms with Crippen molar-refractivity contribution in [3.63, 3.8) is 0 Å². The van der Waals surface area contributed by atoms with E-state index >= 15 is 0 Å². The standard InChI is InChI=1S/C6H9F3S/c1-2-10-5-3-4-6(7,8)9/h3-4H,2,5H2,1H3/b4-3+. The van der Waals surface area contributed by atoms with Gasteiger partial charge in [-0.05, 0) is 5.75 Å². The van der Waals surface area contributed by atoms with Crippen LogP contribution in [-0.4, -0.2) is 17.7 Å². The summed E-state index contributed by atoms with van der Waals surface area (Å²) in [6.45, 7) is 1.91. The van der Waals surface area contributed by atoms with E-state index in [1.165, 1.54) is 11.8 Å². The van der Waals surface area contributed by atoms with Crippen LogP contribution < -0.4 is 0 Å². The lowest BCUT2D eigenvalue weighted by atomic mass is 10.5. The molecule has 0 bridgehead atoms. The van der Waals surface area contributed by atoms with Crippen LogP contribution in [0.25, 0.3) is 0 Å². The van der Waals surface area contributed by atoms with Gasteiger partial charge in [0.05, 0.1) is 0 Å². The molecule has 0 spiro atoms. The van der Waals surface area contributed by atoms with Gasteiger partial charge in [-0.3, -0.25) is 0 Å². The minimum absolute atomic E-state index is 0.273. The van der Waals surface area contributed by atoms with Crippen molar-refractivity contribution in [2.45, 2.75) is 13.1 Å². The Morgan fingerprint density at radius 3 is 2.40 bits per heavy atom. The molecule has 0 saturated carbocycles. The van der Waals surface area contributed by atoms with Crippen LogP contribution in [0.15, 0.2) is 12.2 Å². The van der Waals surface area contributed by atoms with Gasteiger partial charge in [-0.2, -0.15) is 24.9 Å². The largest absolute Gasteiger partial charge is 0.409 e. The summed E-state index contributed by atoms with van der Waals surface area (Å²) in [5.74, 6) is 1.29. The van der Waals surface area contributed by atoms with Crippen molar-refractivity contribution in [3.05, 3.63) is 12.2 Å². The third kappa shape index (κ3) is 7.88. The van der Waals surface area contributed by atoms with Crippen LogP contribution in [0.5, 0.6) is 0 Å². The van der Waals surface area contributed by atoms with E-state index in [9.17, 15) is 13.2 Å². The zero-order valence-corrected chi connectivity index (χ0v) is 6.43. The number of halogens is 3. The quantitative estimate of drug-likeness (QED) is 0.463. The van der Waals surface area contributed by atoms with E-state index in [1.54, 1.807) is 0 Å². The van der Waals surface area contributed by atoms with Crippen LogP contribution in [0.4, 0.5) is 13.2 Å². The molecule has 4 heteroatoms. The summed E-state index contributed by atoms with van der Waals surface area (Å²) < 4.78 is 34.2. The Balaban J connectivity index is 3.37. The lowest BCUT2D eigenvalue weighted by Gasteiger charge is -1.96. The summed E-state index contributed by atoms with van der Waals surface area (Å²) in [5, 5.41) is 0. The smallest absolute Gasteiger partial charge is 0.167 e. The Kier molecular flexibility index (Phi) is 4.60. The van der Waals surface area contributed by atoms with Crippen LogP contribution in [0.3, 0.4) is 0 Å². The minimum Gasteiger partial charge on any atom is -0.167 e. The maximum Gasteiger partial charge on any atom is 0.409 e. The first-order valence-electron chi connectivity index (χ1n) is 2.88. The fourth-order valence-electron chi connectivity index (χ4n) is 0.368. The van der Waals surface area contributed by atoms with Gasteiger partial charge in [-0.1, -0.05) is 13.0 Å². The van der Waals surface area contributed by atoms with Gasteiger partial charge in [0.2, 0.25) is 0 Å². The molecule has 0 aromatic rings. The fraction of sp³-hybridized carbons (Fsp3) is 0.667. The van der Waals surface area contributed by atoms with Crippen molar-refractivity contribution in [1.29, 1.82) is 0 Å². The number of hydrogen-bond acceptors (Lipinski definition) is 1. The highest BCUT2D eigenvalue weighted by Crippen LogP contribution is 2.16. The molecular weight excluding hydrogens is 161 g/mol. The molecule has 0 aliphatic rings. The molecular formula is C6H9F3S. The van der Waals surface area contributed by atoms with Crippen molar-refractivity contribution in [2.24, 2.45) is 0 Å². The number of rotatable bonds is 3. The molecule has 0 heterocycles. The molecule has 0 N–H and O–H groups in total. The number of hydrogen-bond donors (Lipinski definition) is 0. The zero-order valence-electron chi connectivity index (χ0n) is 5.61. The van der Waals surface area contributed by atoms with Gasteiger partial charge in [-0.15, -0.1) is 0 Å². The Morgan fingerprint density at radius 2 is 2.00 bits per heavy atom. The number of thioether (sulfide) groups is 1. The lowest BCUT2D eigenvalue weighted by molar-refractivity contribution is -0.0799. The summed E-state index contributed by atoms with van der Waals surface area (Å²) >= 11 is 1.46. The molecule has 10 heavy (non-hydrogen) atoms. The van der Waals surface area contributed by atoms with Crippen LogP contribution in [0.1, 0.15) is 6.92 Å². The van der Waals surface area contributed by atoms with E-state index in [0.717, 1.165) is 11.8 Å². The first kappa shape index (κ1) is 9.88. The third-order valence-corrected chi connectivity index (χ3v) is 1.56. The molecule has 0 atom stereocenters. The zero-order chi connectivity index (χ0) is 8.04. The normalized spacial score (nSPS) is 12.8. The van der Waals surface area contributed by atoms with Gasteiger partial charge in [0.1, 0.15) is 0 Å². The van der Waals surface area contributed by atoms with Gasteiger partial charge in [-0.25, -0.2) is 0 Å². The maximum atomic E-state index is 11.4. The molecule has 0 radical (unpaired) electrons. The van der Waals surface area contributed by atoms with Gasteiger partial charge >= 0.3 is 6.18 Å². The molecule has 60 valence electrons. The Morgan fingerprint density at radius 1 is 1.40 bits per heavy atom. The summed E-state index contributed by atoms with van der Waals surface area (Å²) in [4.78, 5) is 0.